The molecule has 78 valence electrons. The fraction of sp³-hybridized carbons (Fsp3) is 0.400. The van der Waals surface area contributed by atoms with Gasteiger partial charge in [0, 0.05) is 23.0 Å². The molecule has 1 aromatic rings. The fourth-order valence-corrected chi connectivity index (χ4v) is 1.53. The standard InChI is InChI=1S/C10H12Cl2FN/c1-10(13,6-14)5-7-4-8(11)2-3-9(7)12/h2-4H,5-6,14H2,1H3. The zero-order valence-corrected chi connectivity index (χ0v) is 9.37. The molecule has 1 unspecified atom stereocenters. The molecule has 1 rings (SSSR count). The maximum atomic E-state index is 13.6. The SMILES string of the molecule is CC(F)(CN)Cc1cc(Cl)ccc1Cl. The predicted molar refractivity (Wildman–Crippen MR) is 58.7 cm³/mol. The van der Waals surface area contributed by atoms with Crippen molar-refractivity contribution in [1.82, 2.24) is 0 Å². The lowest BCUT2D eigenvalue weighted by molar-refractivity contribution is 0.200. The van der Waals surface area contributed by atoms with Gasteiger partial charge in [-0.1, -0.05) is 23.2 Å². The molecule has 0 amide bonds. The van der Waals surface area contributed by atoms with Crippen LogP contribution in [0.5, 0.6) is 0 Å². The topological polar surface area (TPSA) is 26.0 Å². The van der Waals surface area contributed by atoms with Crippen LogP contribution in [0.25, 0.3) is 0 Å². The first kappa shape index (κ1) is 11.8. The van der Waals surface area contributed by atoms with Crippen LogP contribution in [-0.4, -0.2) is 12.2 Å². The van der Waals surface area contributed by atoms with E-state index in [0.717, 1.165) is 0 Å². The smallest absolute Gasteiger partial charge is 0.124 e. The van der Waals surface area contributed by atoms with Gasteiger partial charge in [0.2, 0.25) is 0 Å². The Morgan fingerprint density at radius 1 is 1.43 bits per heavy atom. The summed E-state index contributed by atoms with van der Waals surface area (Å²) >= 11 is 11.7. The van der Waals surface area contributed by atoms with Crippen molar-refractivity contribution in [1.29, 1.82) is 0 Å². The van der Waals surface area contributed by atoms with Crippen LogP contribution in [-0.2, 0) is 6.42 Å². The summed E-state index contributed by atoms with van der Waals surface area (Å²) in [6.07, 6.45) is 0.183. The summed E-state index contributed by atoms with van der Waals surface area (Å²) in [6, 6.07) is 4.99. The van der Waals surface area contributed by atoms with E-state index in [4.69, 9.17) is 28.9 Å². The minimum absolute atomic E-state index is 0.0319. The van der Waals surface area contributed by atoms with Crippen molar-refractivity contribution in [3.8, 4) is 0 Å². The number of rotatable bonds is 3. The van der Waals surface area contributed by atoms with Crippen molar-refractivity contribution in [3.63, 3.8) is 0 Å². The van der Waals surface area contributed by atoms with Crippen LogP contribution in [0.3, 0.4) is 0 Å². The highest BCUT2D eigenvalue weighted by molar-refractivity contribution is 6.33. The Bertz CT molecular complexity index is 326. The van der Waals surface area contributed by atoms with E-state index in [-0.39, 0.29) is 13.0 Å². The third-order valence-corrected chi connectivity index (χ3v) is 2.60. The molecule has 14 heavy (non-hydrogen) atoms. The first-order chi connectivity index (χ1) is 6.44. The second-order valence-electron chi connectivity index (χ2n) is 3.53. The molecule has 1 aromatic carbocycles. The summed E-state index contributed by atoms with van der Waals surface area (Å²) in [4.78, 5) is 0. The highest BCUT2D eigenvalue weighted by Gasteiger charge is 2.22. The summed E-state index contributed by atoms with van der Waals surface area (Å²) in [5.74, 6) is 0. The monoisotopic (exact) mass is 235 g/mol. The molecule has 0 spiro atoms. The minimum Gasteiger partial charge on any atom is -0.328 e. The summed E-state index contributed by atoms with van der Waals surface area (Å²) in [5.41, 5.74) is 4.54. The molecule has 0 radical (unpaired) electrons. The summed E-state index contributed by atoms with van der Waals surface area (Å²) in [7, 11) is 0. The third-order valence-electron chi connectivity index (χ3n) is 1.99. The van der Waals surface area contributed by atoms with Gasteiger partial charge in [-0.25, -0.2) is 4.39 Å². The Hall–Kier alpha value is -0.310. The van der Waals surface area contributed by atoms with E-state index in [1.165, 1.54) is 6.92 Å². The van der Waals surface area contributed by atoms with Gasteiger partial charge in [0.1, 0.15) is 5.67 Å². The maximum absolute atomic E-state index is 13.6. The third kappa shape index (κ3) is 3.12. The lowest BCUT2D eigenvalue weighted by Crippen LogP contribution is -2.31. The molecule has 1 atom stereocenters. The Balaban J connectivity index is 2.91. The zero-order chi connectivity index (χ0) is 10.8. The van der Waals surface area contributed by atoms with Crippen molar-refractivity contribution in [2.24, 2.45) is 5.73 Å². The van der Waals surface area contributed by atoms with Crippen LogP contribution in [0.4, 0.5) is 4.39 Å². The molecular weight excluding hydrogens is 224 g/mol. The fourth-order valence-electron chi connectivity index (χ4n) is 1.15. The van der Waals surface area contributed by atoms with Crippen LogP contribution in [0.1, 0.15) is 12.5 Å². The lowest BCUT2D eigenvalue weighted by atomic mass is 9.98. The van der Waals surface area contributed by atoms with Gasteiger partial charge in [-0.3, -0.25) is 0 Å². The first-order valence-electron chi connectivity index (χ1n) is 4.27. The van der Waals surface area contributed by atoms with Gasteiger partial charge in [0.05, 0.1) is 0 Å². The number of nitrogens with two attached hydrogens (primary N) is 1. The van der Waals surface area contributed by atoms with E-state index in [1.54, 1.807) is 18.2 Å². The van der Waals surface area contributed by atoms with E-state index in [9.17, 15) is 4.39 Å². The Morgan fingerprint density at radius 2 is 2.07 bits per heavy atom. The number of alkyl halides is 1. The van der Waals surface area contributed by atoms with Crippen LogP contribution in [0.2, 0.25) is 10.0 Å². The molecule has 0 saturated heterocycles. The average molecular weight is 236 g/mol. The Morgan fingerprint density at radius 3 is 2.64 bits per heavy atom. The van der Waals surface area contributed by atoms with Gasteiger partial charge < -0.3 is 5.73 Å². The van der Waals surface area contributed by atoms with Crippen LogP contribution in [0, 0.1) is 0 Å². The van der Waals surface area contributed by atoms with Crippen LogP contribution >= 0.6 is 23.2 Å². The summed E-state index contributed by atoms with van der Waals surface area (Å²) in [6.45, 7) is 1.42. The van der Waals surface area contributed by atoms with Crippen molar-refractivity contribution in [2.45, 2.75) is 19.0 Å². The van der Waals surface area contributed by atoms with Crippen molar-refractivity contribution in [3.05, 3.63) is 33.8 Å². The summed E-state index contributed by atoms with van der Waals surface area (Å²) < 4.78 is 13.6. The molecule has 0 aliphatic heterocycles. The predicted octanol–water partition coefficient (Wildman–Crippen LogP) is 3.22. The Labute approximate surface area is 93.0 Å². The quantitative estimate of drug-likeness (QED) is 0.856. The first-order valence-corrected chi connectivity index (χ1v) is 5.03. The normalized spacial score (nSPS) is 15.2. The molecule has 0 bridgehead atoms. The number of hydrogen-bond acceptors (Lipinski definition) is 1. The zero-order valence-electron chi connectivity index (χ0n) is 7.86. The van der Waals surface area contributed by atoms with Gasteiger partial charge in [0.25, 0.3) is 0 Å². The van der Waals surface area contributed by atoms with E-state index < -0.39 is 5.67 Å². The highest BCUT2D eigenvalue weighted by atomic mass is 35.5. The molecule has 4 heteroatoms. The minimum atomic E-state index is -1.44. The van der Waals surface area contributed by atoms with Crippen molar-refractivity contribution in [2.75, 3.05) is 6.54 Å². The van der Waals surface area contributed by atoms with Gasteiger partial charge >= 0.3 is 0 Å². The van der Waals surface area contributed by atoms with Gasteiger partial charge in [0.15, 0.2) is 0 Å². The van der Waals surface area contributed by atoms with E-state index in [0.29, 0.717) is 15.6 Å². The highest BCUT2D eigenvalue weighted by Crippen LogP contribution is 2.25. The second kappa shape index (κ2) is 4.47. The van der Waals surface area contributed by atoms with E-state index >= 15 is 0 Å². The van der Waals surface area contributed by atoms with E-state index in [2.05, 4.69) is 0 Å². The average Bonchev–Trinajstić information content (AvgIpc) is 2.11. The number of hydrogen-bond donors (Lipinski definition) is 1. The van der Waals surface area contributed by atoms with Gasteiger partial charge in [-0.05, 0) is 30.7 Å². The molecule has 0 saturated carbocycles. The van der Waals surface area contributed by atoms with Gasteiger partial charge in [-0.2, -0.15) is 0 Å². The number of halogens is 3. The molecule has 0 heterocycles. The van der Waals surface area contributed by atoms with E-state index in [1.807, 2.05) is 0 Å². The largest absolute Gasteiger partial charge is 0.328 e. The lowest BCUT2D eigenvalue weighted by Gasteiger charge is -2.18. The van der Waals surface area contributed by atoms with Crippen LogP contribution < -0.4 is 5.73 Å². The van der Waals surface area contributed by atoms with Crippen LogP contribution in [0.15, 0.2) is 18.2 Å². The molecule has 1 nitrogen and oxygen atoms in total. The molecule has 2 N–H and O–H groups in total. The second-order valence-corrected chi connectivity index (χ2v) is 4.37. The van der Waals surface area contributed by atoms with Crippen molar-refractivity contribution >= 4 is 23.2 Å². The number of benzene rings is 1. The molecule has 0 aliphatic rings. The molecule has 0 fully saturated rings. The summed E-state index contributed by atoms with van der Waals surface area (Å²) in [5, 5.41) is 1.07. The molecular formula is C10H12Cl2FN. The van der Waals surface area contributed by atoms with Gasteiger partial charge in [-0.15, -0.1) is 0 Å². The maximum Gasteiger partial charge on any atom is 0.124 e. The molecule has 0 aliphatic carbocycles. The van der Waals surface area contributed by atoms with Crippen molar-refractivity contribution < 1.29 is 4.39 Å². The Kier molecular flexibility index (Phi) is 3.76. The molecule has 0 aromatic heterocycles.